The largest absolute Gasteiger partial charge is 0.339 e. The van der Waals surface area contributed by atoms with Crippen molar-refractivity contribution < 1.29 is 18.1 Å². The topological polar surface area (TPSA) is 113 Å². The van der Waals surface area contributed by atoms with E-state index in [0.29, 0.717) is 0 Å². The predicted molar refractivity (Wildman–Crippen MR) is 89.5 cm³/mol. The fraction of sp³-hybridized carbons (Fsp3) is 0.533. The van der Waals surface area contributed by atoms with E-state index in [1.165, 1.54) is 28.6 Å². The van der Waals surface area contributed by atoms with Crippen LogP contribution in [-0.2, 0) is 14.8 Å². The molecule has 10 heteroatoms. The van der Waals surface area contributed by atoms with Crippen LogP contribution in [-0.4, -0.2) is 67.2 Å². The second-order valence-corrected chi connectivity index (χ2v) is 8.01. The lowest BCUT2D eigenvalue weighted by molar-refractivity contribution is -0.387. The first-order chi connectivity index (χ1) is 11.9. The highest BCUT2D eigenvalue weighted by atomic mass is 32.2. The van der Waals surface area contributed by atoms with Crippen LogP contribution in [0.5, 0.6) is 0 Å². The molecular weight excluding hydrogens is 348 g/mol. The van der Waals surface area contributed by atoms with E-state index < -0.39 is 20.6 Å². The summed E-state index contributed by atoms with van der Waals surface area (Å²) < 4.78 is 26.7. The first-order valence-electron chi connectivity index (χ1n) is 8.17. The zero-order valence-electron chi connectivity index (χ0n) is 13.6. The fourth-order valence-corrected chi connectivity index (χ4v) is 4.81. The third kappa shape index (κ3) is 3.51. The van der Waals surface area contributed by atoms with Gasteiger partial charge in [-0.25, -0.2) is 8.42 Å². The lowest BCUT2D eigenvalue weighted by atomic mass is 10.2. The lowest BCUT2D eigenvalue weighted by Gasteiger charge is -2.35. The number of para-hydroxylation sites is 1. The summed E-state index contributed by atoms with van der Waals surface area (Å²) in [5.74, 6) is 0.000222. The first-order valence-corrected chi connectivity index (χ1v) is 9.61. The average Bonchev–Trinajstić information content (AvgIpc) is 3.16. The average molecular weight is 368 g/mol. The third-order valence-corrected chi connectivity index (χ3v) is 6.53. The summed E-state index contributed by atoms with van der Waals surface area (Å²) in [4.78, 5) is 24.1. The second kappa shape index (κ2) is 7.06. The van der Waals surface area contributed by atoms with Crippen LogP contribution >= 0.6 is 0 Å². The summed E-state index contributed by atoms with van der Waals surface area (Å²) in [6.45, 7) is 1.66. The van der Waals surface area contributed by atoms with E-state index in [2.05, 4.69) is 5.32 Å². The smallest absolute Gasteiger partial charge is 0.289 e. The lowest BCUT2D eigenvalue weighted by Crippen LogP contribution is -2.54. The summed E-state index contributed by atoms with van der Waals surface area (Å²) in [6, 6.07) is 5.14. The Morgan fingerprint density at radius 2 is 1.88 bits per heavy atom. The van der Waals surface area contributed by atoms with Crippen molar-refractivity contribution in [3.63, 3.8) is 0 Å². The molecule has 0 saturated carbocycles. The van der Waals surface area contributed by atoms with Crippen LogP contribution in [0, 0.1) is 10.1 Å². The van der Waals surface area contributed by atoms with E-state index in [9.17, 15) is 23.3 Å². The number of rotatable bonds is 4. The van der Waals surface area contributed by atoms with E-state index in [0.717, 1.165) is 19.4 Å². The molecule has 0 aromatic heterocycles. The summed E-state index contributed by atoms with van der Waals surface area (Å²) in [5, 5.41) is 14.2. The molecule has 0 aliphatic carbocycles. The van der Waals surface area contributed by atoms with E-state index in [1.807, 2.05) is 0 Å². The van der Waals surface area contributed by atoms with Crippen molar-refractivity contribution in [1.29, 1.82) is 0 Å². The number of nitro groups is 1. The highest BCUT2D eigenvalue weighted by molar-refractivity contribution is 7.89. The van der Waals surface area contributed by atoms with Crippen molar-refractivity contribution in [3.8, 4) is 0 Å². The van der Waals surface area contributed by atoms with Crippen molar-refractivity contribution in [1.82, 2.24) is 14.5 Å². The monoisotopic (exact) mass is 368 g/mol. The minimum absolute atomic E-state index is 0.000222. The maximum absolute atomic E-state index is 12.8. The number of piperazine rings is 1. The van der Waals surface area contributed by atoms with Gasteiger partial charge >= 0.3 is 0 Å². The Labute approximate surface area is 145 Å². The van der Waals surface area contributed by atoms with Crippen LogP contribution in [0.2, 0.25) is 0 Å². The van der Waals surface area contributed by atoms with Gasteiger partial charge in [0.15, 0.2) is 4.90 Å². The molecule has 1 amide bonds. The Hall–Kier alpha value is -2.04. The highest BCUT2D eigenvalue weighted by Crippen LogP contribution is 2.27. The Morgan fingerprint density at radius 3 is 2.48 bits per heavy atom. The first kappa shape index (κ1) is 17.8. The molecule has 0 spiro atoms. The van der Waals surface area contributed by atoms with Crippen LogP contribution in [0.1, 0.15) is 12.8 Å². The Kier molecular flexibility index (Phi) is 5.02. The minimum Gasteiger partial charge on any atom is -0.339 e. The molecule has 2 fully saturated rings. The van der Waals surface area contributed by atoms with Gasteiger partial charge in [-0.3, -0.25) is 14.9 Å². The number of nitrogens with one attached hydrogen (secondary N) is 1. The van der Waals surface area contributed by atoms with Crippen LogP contribution in [0.4, 0.5) is 5.69 Å². The summed E-state index contributed by atoms with van der Waals surface area (Å²) in [7, 11) is -3.97. The molecule has 9 nitrogen and oxygen atoms in total. The van der Waals surface area contributed by atoms with Crippen molar-refractivity contribution in [2.24, 2.45) is 0 Å². The van der Waals surface area contributed by atoms with E-state index in [1.54, 1.807) is 4.90 Å². The number of amides is 1. The number of nitro benzene ring substituents is 1. The van der Waals surface area contributed by atoms with Gasteiger partial charge in [-0.15, -0.1) is 0 Å². The fourth-order valence-electron chi connectivity index (χ4n) is 3.23. The molecule has 2 aliphatic rings. The second-order valence-electron chi connectivity index (χ2n) is 6.10. The maximum atomic E-state index is 12.8. The van der Waals surface area contributed by atoms with Crippen LogP contribution in [0.15, 0.2) is 29.2 Å². The van der Waals surface area contributed by atoms with E-state index >= 15 is 0 Å². The quantitative estimate of drug-likeness (QED) is 0.599. The maximum Gasteiger partial charge on any atom is 0.289 e. The van der Waals surface area contributed by atoms with Crippen LogP contribution in [0.3, 0.4) is 0 Å². The van der Waals surface area contributed by atoms with Gasteiger partial charge in [0, 0.05) is 32.2 Å². The summed E-state index contributed by atoms with van der Waals surface area (Å²) in [6.07, 6.45) is 1.76. The molecule has 2 heterocycles. The number of carbonyl (C=O) groups is 1. The molecule has 1 atom stereocenters. The van der Waals surface area contributed by atoms with Gasteiger partial charge in [-0.05, 0) is 25.5 Å². The van der Waals surface area contributed by atoms with Crippen molar-refractivity contribution >= 4 is 21.6 Å². The van der Waals surface area contributed by atoms with Gasteiger partial charge in [0.05, 0.1) is 11.0 Å². The van der Waals surface area contributed by atoms with E-state index in [4.69, 9.17) is 0 Å². The molecular formula is C15H20N4O5S. The highest BCUT2D eigenvalue weighted by Gasteiger charge is 2.36. The van der Waals surface area contributed by atoms with Crippen LogP contribution < -0.4 is 5.32 Å². The zero-order chi connectivity index (χ0) is 18.0. The van der Waals surface area contributed by atoms with E-state index in [-0.39, 0.29) is 43.0 Å². The van der Waals surface area contributed by atoms with Gasteiger partial charge in [-0.1, -0.05) is 12.1 Å². The summed E-state index contributed by atoms with van der Waals surface area (Å²) >= 11 is 0. The Bertz CT molecular complexity index is 768. The minimum atomic E-state index is -3.97. The molecule has 1 aromatic rings. The van der Waals surface area contributed by atoms with Crippen molar-refractivity contribution in [3.05, 3.63) is 34.4 Å². The van der Waals surface area contributed by atoms with Gasteiger partial charge in [-0.2, -0.15) is 4.31 Å². The molecule has 3 rings (SSSR count). The molecule has 0 bridgehead atoms. The molecule has 2 saturated heterocycles. The number of benzene rings is 1. The molecule has 1 unspecified atom stereocenters. The Balaban J connectivity index is 1.72. The SMILES string of the molecule is O=C(C1CCCN1)N1CCN(S(=O)(=O)c2ccccc2[N+](=O)[O-])CC1. The van der Waals surface area contributed by atoms with Crippen LogP contribution in [0.25, 0.3) is 0 Å². The summed E-state index contributed by atoms with van der Waals surface area (Å²) in [5.41, 5.74) is -0.434. The number of hydrogen-bond acceptors (Lipinski definition) is 6. The standard InChI is InChI=1S/C15H20N4O5S/c20-15(12-4-3-7-16-12)17-8-10-18(11-9-17)25(23,24)14-6-2-1-5-13(14)19(21)22/h1-2,5-6,12,16H,3-4,7-11H2. The third-order valence-electron chi connectivity index (χ3n) is 4.59. The van der Waals surface area contributed by atoms with Gasteiger partial charge in [0.2, 0.25) is 15.9 Å². The molecule has 1 aromatic carbocycles. The predicted octanol–water partition coefficient (Wildman–Crippen LogP) is 0.180. The van der Waals surface area contributed by atoms with Crippen molar-refractivity contribution in [2.75, 3.05) is 32.7 Å². The Morgan fingerprint density at radius 1 is 1.20 bits per heavy atom. The van der Waals surface area contributed by atoms with Crippen molar-refractivity contribution in [2.45, 2.75) is 23.8 Å². The normalized spacial score (nSPS) is 22.1. The van der Waals surface area contributed by atoms with Gasteiger partial charge in [0.25, 0.3) is 5.69 Å². The molecule has 2 aliphatic heterocycles. The number of carbonyl (C=O) groups excluding carboxylic acids is 1. The number of hydrogen-bond donors (Lipinski definition) is 1. The molecule has 0 radical (unpaired) electrons. The number of nitrogens with zero attached hydrogens (tertiary/aromatic N) is 3. The van der Waals surface area contributed by atoms with Gasteiger partial charge < -0.3 is 10.2 Å². The molecule has 136 valence electrons. The zero-order valence-corrected chi connectivity index (χ0v) is 14.4. The number of sulfonamides is 1. The molecule has 25 heavy (non-hydrogen) atoms. The molecule has 1 N–H and O–H groups in total. The van der Waals surface area contributed by atoms with Gasteiger partial charge in [0.1, 0.15) is 0 Å².